The van der Waals surface area contributed by atoms with Crippen molar-refractivity contribution < 1.29 is 4.39 Å². The molecule has 0 fully saturated rings. The minimum absolute atomic E-state index is 0.263. The number of halogens is 3. The predicted octanol–water partition coefficient (Wildman–Crippen LogP) is 4.96. The Kier molecular flexibility index (Phi) is 2.80. The van der Waals surface area contributed by atoms with E-state index in [1.54, 1.807) is 17.4 Å². The first-order valence-corrected chi connectivity index (χ1v) is 7.14. The third-order valence-electron chi connectivity index (χ3n) is 2.32. The molecule has 3 rings (SSSR count). The second-order valence-corrected chi connectivity index (χ2v) is 6.70. The van der Waals surface area contributed by atoms with E-state index in [4.69, 9.17) is 0 Å². The number of aromatic amines is 1. The smallest absolute Gasteiger partial charge is 0.148 e. The SMILES string of the molecule is Fc1ccc2nc(-c3cc(Br)c(Br)s3)[nH]c2c1. The number of nitrogens with one attached hydrogen (secondary N) is 1. The molecule has 2 aromatic heterocycles. The molecule has 0 saturated heterocycles. The van der Waals surface area contributed by atoms with Crippen LogP contribution in [0.4, 0.5) is 4.39 Å². The van der Waals surface area contributed by atoms with E-state index < -0.39 is 0 Å². The number of hydrogen-bond acceptors (Lipinski definition) is 2. The van der Waals surface area contributed by atoms with Crippen molar-refractivity contribution in [3.8, 4) is 10.7 Å². The Morgan fingerprint density at radius 2 is 2.06 bits per heavy atom. The summed E-state index contributed by atoms with van der Waals surface area (Å²) < 4.78 is 15.1. The van der Waals surface area contributed by atoms with Crippen LogP contribution in [0.2, 0.25) is 0 Å². The molecule has 0 amide bonds. The maximum absolute atomic E-state index is 13.1. The summed E-state index contributed by atoms with van der Waals surface area (Å²) in [5.41, 5.74) is 1.47. The van der Waals surface area contributed by atoms with Gasteiger partial charge in [0.15, 0.2) is 0 Å². The number of hydrogen-bond donors (Lipinski definition) is 1. The summed E-state index contributed by atoms with van der Waals surface area (Å²) in [6.45, 7) is 0. The van der Waals surface area contributed by atoms with Crippen molar-refractivity contribution in [1.29, 1.82) is 0 Å². The summed E-state index contributed by atoms with van der Waals surface area (Å²) >= 11 is 8.44. The zero-order chi connectivity index (χ0) is 12.0. The van der Waals surface area contributed by atoms with E-state index in [2.05, 4.69) is 41.8 Å². The fourth-order valence-electron chi connectivity index (χ4n) is 1.56. The molecule has 1 aromatic carbocycles. The molecule has 0 spiro atoms. The Hall–Kier alpha value is -0.720. The van der Waals surface area contributed by atoms with Crippen LogP contribution < -0.4 is 0 Å². The quantitative estimate of drug-likeness (QED) is 0.640. The number of fused-ring (bicyclic) bond motifs is 1. The summed E-state index contributed by atoms with van der Waals surface area (Å²) in [6.07, 6.45) is 0. The van der Waals surface area contributed by atoms with Gasteiger partial charge >= 0.3 is 0 Å². The minimum Gasteiger partial charge on any atom is -0.337 e. The fourth-order valence-corrected chi connectivity index (χ4v) is 3.54. The largest absolute Gasteiger partial charge is 0.337 e. The van der Waals surface area contributed by atoms with Gasteiger partial charge in [0.1, 0.15) is 11.6 Å². The topological polar surface area (TPSA) is 28.7 Å². The molecule has 2 heterocycles. The van der Waals surface area contributed by atoms with E-state index >= 15 is 0 Å². The molecule has 2 nitrogen and oxygen atoms in total. The zero-order valence-electron chi connectivity index (χ0n) is 8.30. The van der Waals surface area contributed by atoms with E-state index in [9.17, 15) is 4.39 Å². The summed E-state index contributed by atoms with van der Waals surface area (Å²) in [4.78, 5) is 8.54. The second kappa shape index (κ2) is 4.19. The van der Waals surface area contributed by atoms with Crippen molar-refractivity contribution in [2.75, 3.05) is 0 Å². The zero-order valence-corrected chi connectivity index (χ0v) is 12.3. The molecule has 0 atom stereocenters. The van der Waals surface area contributed by atoms with Gasteiger partial charge < -0.3 is 4.98 Å². The van der Waals surface area contributed by atoms with E-state index in [1.165, 1.54) is 12.1 Å². The molecule has 3 aromatic rings. The van der Waals surface area contributed by atoms with Crippen molar-refractivity contribution in [3.05, 3.63) is 38.3 Å². The number of rotatable bonds is 1. The van der Waals surface area contributed by atoms with Gasteiger partial charge in [-0.3, -0.25) is 0 Å². The lowest BCUT2D eigenvalue weighted by atomic mass is 10.3. The third kappa shape index (κ3) is 2.05. The van der Waals surface area contributed by atoms with Crippen LogP contribution in [0.25, 0.3) is 21.7 Å². The molecule has 0 aliphatic rings. The number of nitrogens with zero attached hydrogens (tertiary/aromatic N) is 1. The first-order valence-electron chi connectivity index (χ1n) is 4.74. The van der Waals surface area contributed by atoms with Crippen LogP contribution in [0, 0.1) is 5.82 Å². The van der Waals surface area contributed by atoms with Crippen molar-refractivity contribution in [1.82, 2.24) is 9.97 Å². The Morgan fingerprint density at radius 3 is 2.76 bits per heavy atom. The highest BCUT2D eigenvalue weighted by atomic mass is 79.9. The number of aromatic nitrogens is 2. The van der Waals surface area contributed by atoms with Crippen molar-refractivity contribution in [2.45, 2.75) is 0 Å². The number of imidazole rings is 1. The lowest BCUT2D eigenvalue weighted by Gasteiger charge is -1.87. The van der Waals surface area contributed by atoms with E-state index in [0.717, 1.165) is 24.5 Å². The van der Waals surface area contributed by atoms with E-state index in [0.29, 0.717) is 5.52 Å². The molecule has 0 aliphatic carbocycles. The summed E-state index contributed by atoms with van der Waals surface area (Å²) in [5, 5.41) is 0. The van der Waals surface area contributed by atoms with Crippen LogP contribution in [0.5, 0.6) is 0 Å². The van der Waals surface area contributed by atoms with Crippen LogP contribution in [-0.2, 0) is 0 Å². The van der Waals surface area contributed by atoms with Crippen molar-refractivity contribution >= 4 is 54.2 Å². The van der Waals surface area contributed by atoms with Gasteiger partial charge in [0.25, 0.3) is 0 Å². The normalized spacial score (nSPS) is 11.2. The first-order chi connectivity index (χ1) is 8.13. The summed E-state index contributed by atoms with van der Waals surface area (Å²) in [5.74, 6) is 0.489. The molecule has 0 radical (unpaired) electrons. The molecular formula is C11H5Br2FN2S. The van der Waals surface area contributed by atoms with Gasteiger partial charge in [-0.05, 0) is 56.1 Å². The number of benzene rings is 1. The third-order valence-corrected chi connectivity index (χ3v) is 5.59. The molecule has 86 valence electrons. The first kappa shape index (κ1) is 11.4. The van der Waals surface area contributed by atoms with Gasteiger partial charge in [-0.2, -0.15) is 0 Å². The average Bonchev–Trinajstić information content (AvgIpc) is 2.83. The van der Waals surface area contributed by atoms with Crippen LogP contribution >= 0.6 is 43.2 Å². The highest BCUT2D eigenvalue weighted by Gasteiger charge is 2.10. The van der Waals surface area contributed by atoms with Gasteiger partial charge in [-0.1, -0.05) is 0 Å². The Labute approximate surface area is 117 Å². The number of thiophene rings is 1. The molecule has 0 saturated carbocycles. The Balaban J connectivity index is 2.17. The highest BCUT2D eigenvalue weighted by Crippen LogP contribution is 2.37. The lowest BCUT2D eigenvalue weighted by molar-refractivity contribution is 0.629. The van der Waals surface area contributed by atoms with E-state index in [-0.39, 0.29) is 5.82 Å². The Bertz CT molecular complexity index is 685. The van der Waals surface area contributed by atoms with Crippen LogP contribution in [0.1, 0.15) is 0 Å². The maximum atomic E-state index is 13.1. The molecule has 0 bridgehead atoms. The second-order valence-electron chi connectivity index (χ2n) is 3.48. The lowest BCUT2D eigenvalue weighted by Crippen LogP contribution is -1.73. The molecule has 17 heavy (non-hydrogen) atoms. The van der Waals surface area contributed by atoms with E-state index in [1.807, 2.05) is 6.07 Å². The summed E-state index contributed by atoms with van der Waals surface area (Å²) in [7, 11) is 0. The van der Waals surface area contributed by atoms with Gasteiger partial charge in [0.2, 0.25) is 0 Å². The van der Waals surface area contributed by atoms with Crippen LogP contribution in [-0.4, -0.2) is 9.97 Å². The highest BCUT2D eigenvalue weighted by molar-refractivity contribution is 9.13. The molecule has 0 aliphatic heterocycles. The predicted molar refractivity (Wildman–Crippen MR) is 74.8 cm³/mol. The molecular weight excluding hydrogens is 371 g/mol. The van der Waals surface area contributed by atoms with Crippen molar-refractivity contribution in [3.63, 3.8) is 0 Å². The van der Waals surface area contributed by atoms with Gasteiger partial charge in [-0.25, -0.2) is 9.37 Å². The Morgan fingerprint density at radius 1 is 1.24 bits per heavy atom. The van der Waals surface area contributed by atoms with Crippen molar-refractivity contribution in [2.24, 2.45) is 0 Å². The molecule has 1 N–H and O–H groups in total. The maximum Gasteiger partial charge on any atom is 0.148 e. The average molecular weight is 376 g/mol. The molecule has 6 heteroatoms. The van der Waals surface area contributed by atoms with Gasteiger partial charge in [-0.15, -0.1) is 11.3 Å². The standard InChI is InChI=1S/C11H5Br2FN2S/c12-6-4-9(17-10(6)13)11-15-7-2-1-5(14)3-8(7)16-11/h1-4H,(H,15,16). The summed E-state index contributed by atoms with van der Waals surface area (Å²) in [6, 6.07) is 6.50. The van der Waals surface area contributed by atoms with Crippen LogP contribution in [0.3, 0.4) is 0 Å². The minimum atomic E-state index is -0.263. The van der Waals surface area contributed by atoms with Gasteiger partial charge in [0.05, 0.1) is 19.7 Å². The van der Waals surface area contributed by atoms with Gasteiger partial charge in [0, 0.05) is 4.47 Å². The monoisotopic (exact) mass is 374 g/mol. The fraction of sp³-hybridized carbons (Fsp3) is 0. The number of H-pyrrole nitrogens is 1. The molecule has 0 unspecified atom stereocenters. The van der Waals surface area contributed by atoms with Crippen LogP contribution in [0.15, 0.2) is 32.5 Å².